The molecule has 0 aliphatic heterocycles. The molecule has 0 bridgehead atoms. The van der Waals surface area contributed by atoms with Gasteiger partial charge in [0.25, 0.3) is 0 Å². The highest BCUT2D eigenvalue weighted by Gasteiger charge is 2.26. The molecule has 0 aliphatic carbocycles. The van der Waals surface area contributed by atoms with Gasteiger partial charge in [0.2, 0.25) is 0 Å². The van der Waals surface area contributed by atoms with E-state index in [9.17, 15) is 10.2 Å². The van der Waals surface area contributed by atoms with Gasteiger partial charge in [-0.2, -0.15) is 0 Å². The average Bonchev–Trinajstić information content (AvgIpc) is 3.07. The third-order valence-electron chi connectivity index (χ3n) is 8.66. The summed E-state index contributed by atoms with van der Waals surface area (Å²) >= 11 is 3.54. The van der Waals surface area contributed by atoms with Crippen LogP contribution in [0.4, 0.5) is 0 Å². The van der Waals surface area contributed by atoms with Gasteiger partial charge in [-0.3, -0.25) is 0 Å². The van der Waals surface area contributed by atoms with E-state index in [1.807, 2.05) is 36.4 Å². The summed E-state index contributed by atoms with van der Waals surface area (Å²) in [7, 11) is 9.61. The highest BCUT2D eigenvalue weighted by molar-refractivity contribution is 9.10. The number of ether oxygens (including phenoxy) is 6. The number of aromatic hydroxyl groups is 2. The molecule has 0 saturated heterocycles. The van der Waals surface area contributed by atoms with Crippen LogP contribution in [0.25, 0.3) is 64.6 Å². The van der Waals surface area contributed by atoms with Gasteiger partial charge in [0.05, 0.1) is 47.1 Å². The Labute approximate surface area is 266 Å². The van der Waals surface area contributed by atoms with Crippen molar-refractivity contribution in [3.8, 4) is 46.0 Å². The minimum atomic E-state index is 0.0427. The van der Waals surface area contributed by atoms with Crippen LogP contribution in [-0.4, -0.2) is 52.9 Å². The predicted molar refractivity (Wildman–Crippen MR) is 182 cm³/mol. The Balaban J connectivity index is 1.97. The van der Waals surface area contributed by atoms with E-state index < -0.39 is 0 Å². The number of fused-ring (bicyclic) bond motifs is 11. The molecule has 2 N–H and O–H groups in total. The molecule has 0 heterocycles. The summed E-state index contributed by atoms with van der Waals surface area (Å²) in [6.45, 7) is 0. The minimum absolute atomic E-state index is 0.0427. The second-order valence-electron chi connectivity index (χ2n) is 10.6. The lowest BCUT2D eigenvalue weighted by atomic mass is 9.87. The summed E-state index contributed by atoms with van der Waals surface area (Å²) in [5, 5.41) is 31.6. The molecule has 45 heavy (non-hydrogen) atoms. The van der Waals surface area contributed by atoms with Crippen molar-refractivity contribution in [2.45, 2.75) is 0 Å². The van der Waals surface area contributed by atoms with Crippen LogP contribution in [0.15, 0.2) is 59.1 Å². The van der Waals surface area contributed by atoms with Crippen molar-refractivity contribution >= 4 is 80.6 Å². The normalized spacial score (nSPS) is 11.6. The molecule has 0 aromatic heterocycles. The third-order valence-corrected chi connectivity index (χ3v) is 9.27. The first kappa shape index (κ1) is 28.7. The molecule has 7 aromatic rings. The van der Waals surface area contributed by atoms with E-state index in [1.165, 1.54) is 0 Å². The summed E-state index contributed by atoms with van der Waals surface area (Å²) in [6, 6.07) is 16.6. The summed E-state index contributed by atoms with van der Waals surface area (Å²) in [5.74, 6) is 3.48. The number of methoxy groups -OCH3 is 6. The van der Waals surface area contributed by atoms with Crippen molar-refractivity contribution in [2.24, 2.45) is 0 Å². The number of halogens is 1. The van der Waals surface area contributed by atoms with Crippen molar-refractivity contribution in [3.05, 3.63) is 59.1 Å². The lowest BCUT2D eigenvalue weighted by molar-refractivity contribution is 0.362. The largest absolute Gasteiger partial charge is 0.507 e. The fourth-order valence-electron chi connectivity index (χ4n) is 6.81. The molecule has 7 rings (SSSR count). The molecule has 0 amide bonds. The maximum Gasteiger partial charge on any atom is 0.169 e. The first-order valence-corrected chi connectivity index (χ1v) is 14.8. The molecular formula is C36H29BrO8. The van der Waals surface area contributed by atoms with Crippen molar-refractivity contribution in [1.82, 2.24) is 0 Å². The molecule has 7 aromatic carbocycles. The van der Waals surface area contributed by atoms with E-state index >= 15 is 0 Å². The van der Waals surface area contributed by atoms with Crippen molar-refractivity contribution in [3.63, 3.8) is 0 Å². The molecular weight excluding hydrogens is 640 g/mol. The van der Waals surface area contributed by atoms with Crippen LogP contribution in [0.1, 0.15) is 0 Å². The lowest BCUT2D eigenvalue weighted by Crippen LogP contribution is -1.98. The first-order valence-electron chi connectivity index (χ1n) is 14.0. The number of hydrogen-bond donors (Lipinski definition) is 2. The zero-order chi connectivity index (χ0) is 31.7. The SMILES string of the molecule is COc1ccc(O)c2c1cc(OC)c1ccc3c(OC)c(OC)c4ccc5c(OC)cc6c(OC)cc(Br)c(O)c6c5c4c3c12. The van der Waals surface area contributed by atoms with Crippen LogP contribution in [0, 0.1) is 0 Å². The van der Waals surface area contributed by atoms with Crippen molar-refractivity contribution in [2.75, 3.05) is 42.7 Å². The van der Waals surface area contributed by atoms with E-state index in [4.69, 9.17) is 28.4 Å². The van der Waals surface area contributed by atoms with Gasteiger partial charge in [-0.1, -0.05) is 0 Å². The molecule has 9 heteroatoms. The fourth-order valence-corrected chi connectivity index (χ4v) is 7.21. The van der Waals surface area contributed by atoms with E-state index in [-0.39, 0.29) is 11.5 Å². The molecule has 0 radical (unpaired) electrons. The minimum Gasteiger partial charge on any atom is -0.507 e. The van der Waals surface area contributed by atoms with E-state index in [2.05, 4.69) is 15.9 Å². The first-order chi connectivity index (χ1) is 21.8. The van der Waals surface area contributed by atoms with Gasteiger partial charge in [0.1, 0.15) is 34.5 Å². The second kappa shape index (κ2) is 10.6. The monoisotopic (exact) mass is 668 g/mol. The molecule has 0 spiro atoms. The second-order valence-corrected chi connectivity index (χ2v) is 11.4. The molecule has 0 atom stereocenters. The predicted octanol–water partition coefficient (Wildman–Crippen LogP) is 8.83. The molecule has 228 valence electrons. The number of hydrogen-bond acceptors (Lipinski definition) is 8. The zero-order valence-corrected chi connectivity index (χ0v) is 27.0. The van der Waals surface area contributed by atoms with Crippen molar-refractivity contribution < 1.29 is 38.6 Å². The Morgan fingerprint density at radius 2 is 0.844 bits per heavy atom. The molecule has 8 nitrogen and oxygen atoms in total. The van der Waals surface area contributed by atoms with Crippen LogP contribution in [0.5, 0.6) is 46.0 Å². The Bertz CT molecular complexity index is 2380. The highest BCUT2D eigenvalue weighted by Crippen LogP contribution is 2.55. The lowest BCUT2D eigenvalue weighted by Gasteiger charge is -2.22. The molecule has 0 unspecified atom stereocenters. The van der Waals surface area contributed by atoms with E-state index in [0.29, 0.717) is 71.3 Å². The van der Waals surface area contributed by atoms with Crippen molar-refractivity contribution in [1.29, 1.82) is 0 Å². The molecule has 0 fully saturated rings. The summed E-state index contributed by atoms with van der Waals surface area (Å²) in [5.41, 5.74) is 0. The number of rotatable bonds is 6. The Hall–Kier alpha value is -5.02. The number of benzene rings is 7. The maximum absolute atomic E-state index is 11.7. The van der Waals surface area contributed by atoms with Gasteiger partial charge in [-0.15, -0.1) is 0 Å². The van der Waals surface area contributed by atoms with Gasteiger partial charge in [-0.25, -0.2) is 0 Å². The summed E-state index contributed by atoms with van der Waals surface area (Å²) in [6.07, 6.45) is 0. The van der Waals surface area contributed by atoms with Gasteiger partial charge < -0.3 is 38.6 Å². The molecule has 0 saturated carbocycles. The Morgan fingerprint density at radius 1 is 0.422 bits per heavy atom. The fraction of sp³-hybridized carbons (Fsp3) is 0.167. The maximum atomic E-state index is 11.7. The smallest absolute Gasteiger partial charge is 0.169 e. The van der Waals surface area contributed by atoms with Gasteiger partial charge in [0, 0.05) is 64.6 Å². The van der Waals surface area contributed by atoms with Crippen LogP contribution >= 0.6 is 15.9 Å². The topological polar surface area (TPSA) is 95.8 Å². The van der Waals surface area contributed by atoms with Gasteiger partial charge in [-0.05, 0) is 70.5 Å². The van der Waals surface area contributed by atoms with Gasteiger partial charge in [0.15, 0.2) is 11.5 Å². The quantitative estimate of drug-likeness (QED) is 0.170. The third kappa shape index (κ3) is 3.83. The van der Waals surface area contributed by atoms with Gasteiger partial charge >= 0.3 is 0 Å². The highest BCUT2D eigenvalue weighted by atomic mass is 79.9. The van der Waals surface area contributed by atoms with Crippen LogP contribution in [0.3, 0.4) is 0 Å². The average molecular weight is 670 g/mol. The Kier molecular flexibility index (Phi) is 6.74. The van der Waals surface area contributed by atoms with E-state index in [1.54, 1.807) is 60.9 Å². The van der Waals surface area contributed by atoms with E-state index in [0.717, 1.165) is 32.3 Å². The Morgan fingerprint density at radius 3 is 1.33 bits per heavy atom. The van der Waals surface area contributed by atoms with Crippen LogP contribution in [-0.2, 0) is 0 Å². The standard InChI is InChI=1S/C36H29BrO8/c1-40-24-12-11-23(38)28-20(24)13-25(41-2)16-7-9-18-31(29(16)28)32-19(36(45-6)35(18)44-5)10-8-17-26(42-3)14-21-27(43-4)15-22(37)34(39)33(21)30(17)32/h7-15,38-39H,1-6H3. The summed E-state index contributed by atoms with van der Waals surface area (Å²) in [4.78, 5) is 0. The number of phenolic OH excluding ortho intramolecular Hbond substituents is 2. The zero-order valence-electron chi connectivity index (χ0n) is 25.4. The van der Waals surface area contributed by atoms with Crippen LogP contribution in [0.2, 0.25) is 0 Å². The molecule has 0 aliphatic rings. The van der Waals surface area contributed by atoms with Crippen LogP contribution < -0.4 is 28.4 Å². The summed E-state index contributed by atoms with van der Waals surface area (Å²) < 4.78 is 35.9. The number of phenols is 2.